The van der Waals surface area contributed by atoms with Crippen molar-refractivity contribution < 1.29 is 9.21 Å². The van der Waals surface area contributed by atoms with Crippen molar-refractivity contribution in [3.63, 3.8) is 0 Å². The van der Waals surface area contributed by atoms with E-state index in [4.69, 9.17) is 4.42 Å². The van der Waals surface area contributed by atoms with Gasteiger partial charge in [0.25, 0.3) is 5.56 Å². The van der Waals surface area contributed by atoms with Crippen molar-refractivity contribution in [1.29, 1.82) is 0 Å². The summed E-state index contributed by atoms with van der Waals surface area (Å²) in [5.74, 6) is 0.516. The lowest BCUT2D eigenvalue weighted by atomic mass is 10.2. The summed E-state index contributed by atoms with van der Waals surface area (Å²) in [6.45, 7) is 4.15. The van der Waals surface area contributed by atoms with E-state index in [1.165, 1.54) is 22.2 Å². The molecule has 0 fully saturated rings. The van der Waals surface area contributed by atoms with E-state index in [-0.39, 0.29) is 18.0 Å². The molecular weight excluding hydrogens is 370 g/mol. The Labute approximate surface area is 168 Å². The predicted molar refractivity (Wildman–Crippen MR) is 106 cm³/mol. The highest BCUT2D eigenvalue weighted by Gasteiger charge is 2.25. The standard InChI is InChI=1S/C21H25N5O3/c1-14-15(2)22-13-26(21(14)28)12-20(27)25(10-16-6-5-9-29-16)11-18-17-7-4-8-19(17)24(3)23-18/h5-6,9,13H,4,7-8,10-12H2,1-3H3. The molecule has 1 aliphatic carbocycles. The Hall–Kier alpha value is -3.16. The van der Waals surface area contributed by atoms with Crippen LogP contribution in [0.4, 0.5) is 0 Å². The Bertz CT molecular complexity index is 1090. The predicted octanol–water partition coefficient (Wildman–Crippen LogP) is 1.90. The molecule has 8 nitrogen and oxygen atoms in total. The van der Waals surface area contributed by atoms with E-state index >= 15 is 0 Å². The van der Waals surface area contributed by atoms with E-state index in [0.29, 0.717) is 30.1 Å². The molecule has 0 unspecified atom stereocenters. The highest BCUT2D eigenvalue weighted by molar-refractivity contribution is 5.76. The van der Waals surface area contributed by atoms with Crippen LogP contribution in [-0.4, -0.2) is 30.1 Å². The van der Waals surface area contributed by atoms with Gasteiger partial charge in [0.1, 0.15) is 12.3 Å². The minimum absolute atomic E-state index is 0.0668. The average molecular weight is 395 g/mol. The molecular formula is C21H25N5O3. The van der Waals surface area contributed by atoms with E-state index in [9.17, 15) is 9.59 Å². The minimum atomic E-state index is -0.192. The van der Waals surface area contributed by atoms with Crippen molar-refractivity contribution in [1.82, 2.24) is 24.2 Å². The molecule has 1 amide bonds. The van der Waals surface area contributed by atoms with Gasteiger partial charge in [0.15, 0.2) is 0 Å². The first-order valence-corrected chi connectivity index (χ1v) is 9.80. The Morgan fingerprint density at radius 3 is 2.86 bits per heavy atom. The Balaban J connectivity index is 1.60. The van der Waals surface area contributed by atoms with Crippen molar-refractivity contribution in [3.05, 3.63) is 69.0 Å². The fraction of sp³-hybridized carbons (Fsp3) is 0.429. The molecule has 152 valence electrons. The third-order valence-corrected chi connectivity index (χ3v) is 5.64. The van der Waals surface area contributed by atoms with Gasteiger partial charge >= 0.3 is 0 Å². The van der Waals surface area contributed by atoms with Crippen LogP contribution in [0.2, 0.25) is 0 Å². The number of carbonyl (C=O) groups is 1. The third kappa shape index (κ3) is 3.74. The van der Waals surface area contributed by atoms with Crippen LogP contribution < -0.4 is 5.56 Å². The first-order chi connectivity index (χ1) is 13.9. The summed E-state index contributed by atoms with van der Waals surface area (Å²) in [4.78, 5) is 31.6. The van der Waals surface area contributed by atoms with Crippen LogP contribution in [-0.2, 0) is 44.3 Å². The number of aromatic nitrogens is 4. The number of fused-ring (bicyclic) bond motifs is 1. The molecule has 4 rings (SSSR count). The second kappa shape index (κ2) is 7.69. The smallest absolute Gasteiger partial charge is 0.256 e. The van der Waals surface area contributed by atoms with E-state index in [2.05, 4.69) is 10.1 Å². The number of hydrogen-bond donors (Lipinski definition) is 0. The van der Waals surface area contributed by atoms with E-state index in [1.807, 2.05) is 17.8 Å². The number of nitrogens with zero attached hydrogens (tertiary/aromatic N) is 5. The van der Waals surface area contributed by atoms with Crippen LogP contribution in [0.25, 0.3) is 0 Å². The molecule has 29 heavy (non-hydrogen) atoms. The Kier molecular flexibility index (Phi) is 5.08. The van der Waals surface area contributed by atoms with Gasteiger partial charge in [-0.2, -0.15) is 5.10 Å². The number of amides is 1. The van der Waals surface area contributed by atoms with Crippen LogP contribution in [0.5, 0.6) is 0 Å². The normalized spacial score (nSPS) is 12.9. The molecule has 3 aromatic rings. The molecule has 0 aromatic carbocycles. The summed E-state index contributed by atoms with van der Waals surface area (Å²) in [5.41, 5.74) is 4.46. The molecule has 0 radical (unpaired) electrons. The van der Waals surface area contributed by atoms with Gasteiger partial charge in [-0.05, 0) is 50.8 Å². The van der Waals surface area contributed by atoms with Crippen molar-refractivity contribution in [2.24, 2.45) is 7.05 Å². The molecule has 0 atom stereocenters. The van der Waals surface area contributed by atoms with E-state index in [0.717, 1.165) is 25.0 Å². The molecule has 3 heterocycles. The number of hydrogen-bond acceptors (Lipinski definition) is 5. The average Bonchev–Trinajstić information content (AvgIpc) is 3.43. The van der Waals surface area contributed by atoms with Crippen molar-refractivity contribution >= 4 is 5.91 Å². The van der Waals surface area contributed by atoms with Crippen LogP contribution >= 0.6 is 0 Å². The third-order valence-electron chi connectivity index (χ3n) is 5.64. The topological polar surface area (TPSA) is 86.2 Å². The monoisotopic (exact) mass is 395 g/mol. The van der Waals surface area contributed by atoms with E-state index < -0.39 is 0 Å². The SMILES string of the molecule is Cc1ncn(CC(=O)N(Cc2ccco2)Cc2nn(C)c3c2CCC3)c(=O)c1C. The van der Waals surface area contributed by atoms with Gasteiger partial charge in [0, 0.05) is 24.0 Å². The molecule has 0 saturated carbocycles. The zero-order valence-electron chi connectivity index (χ0n) is 17.0. The van der Waals surface area contributed by atoms with Gasteiger partial charge in [0.05, 0.1) is 31.4 Å². The molecule has 3 aromatic heterocycles. The molecule has 8 heteroatoms. The van der Waals surface area contributed by atoms with Crippen LogP contribution in [0.3, 0.4) is 0 Å². The highest BCUT2D eigenvalue weighted by Crippen LogP contribution is 2.26. The maximum Gasteiger partial charge on any atom is 0.256 e. The Morgan fingerprint density at radius 1 is 1.28 bits per heavy atom. The largest absolute Gasteiger partial charge is 0.467 e. The zero-order chi connectivity index (χ0) is 20.5. The zero-order valence-corrected chi connectivity index (χ0v) is 17.0. The van der Waals surface area contributed by atoms with Crippen molar-refractivity contribution in [2.45, 2.75) is 52.7 Å². The molecule has 0 bridgehead atoms. The lowest BCUT2D eigenvalue weighted by molar-refractivity contribution is -0.133. The van der Waals surface area contributed by atoms with E-state index in [1.54, 1.807) is 31.1 Å². The summed E-state index contributed by atoms with van der Waals surface area (Å²) < 4.78 is 8.74. The van der Waals surface area contributed by atoms with Gasteiger partial charge in [-0.15, -0.1) is 0 Å². The van der Waals surface area contributed by atoms with Gasteiger partial charge in [-0.1, -0.05) is 0 Å². The molecule has 0 N–H and O–H groups in total. The molecule has 0 saturated heterocycles. The highest BCUT2D eigenvalue weighted by atomic mass is 16.3. The summed E-state index contributed by atoms with van der Waals surface area (Å²) >= 11 is 0. The number of aryl methyl sites for hydroxylation is 2. The van der Waals surface area contributed by atoms with Gasteiger partial charge in [0.2, 0.25) is 5.91 Å². The number of furan rings is 1. The van der Waals surface area contributed by atoms with Gasteiger partial charge in [-0.3, -0.25) is 18.8 Å². The van der Waals surface area contributed by atoms with Crippen molar-refractivity contribution in [2.75, 3.05) is 0 Å². The van der Waals surface area contributed by atoms with Crippen LogP contribution in [0, 0.1) is 13.8 Å². The van der Waals surface area contributed by atoms with Gasteiger partial charge in [-0.25, -0.2) is 4.98 Å². The summed E-state index contributed by atoms with van der Waals surface area (Å²) in [7, 11) is 1.95. The minimum Gasteiger partial charge on any atom is -0.467 e. The molecule has 1 aliphatic rings. The van der Waals surface area contributed by atoms with Crippen LogP contribution in [0.1, 0.15) is 40.4 Å². The maximum atomic E-state index is 13.2. The molecule has 0 spiro atoms. The Morgan fingerprint density at radius 2 is 2.10 bits per heavy atom. The maximum absolute atomic E-state index is 13.2. The van der Waals surface area contributed by atoms with Crippen molar-refractivity contribution in [3.8, 4) is 0 Å². The van der Waals surface area contributed by atoms with Crippen LogP contribution in [0.15, 0.2) is 33.9 Å². The lowest BCUT2D eigenvalue weighted by Crippen LogP contribution is -2.36. The fourth-order valence-corrected chi connectivity index (χ4v) is 3.86. The fourth-order valence-electron chi connectivity index (χ4n) is 3.86. The number of carbonyl (C=O) groups excluding carboxylic acids is 1. The lowest BCUT2D eigenvalue weighted by Gasteiger charge is -2.22. The first kappa shape index (κ1) is 19.2. The summed E-state index contributed by atoms with van der Waals surface area (Å²) in [6, 6.07) is 3.64. The second-order valence-corrected chi connectivity index (χ2v) is 7.57. The quantitative estimate of drug-likeness (QED) is 0.636. The molecule has 0 aliphatic heterocycles. The first-order valence-electron chi connectivity index (χ1n) is 9.80. The number of rotatable bonds is 6. The second-order valence-electron chi connectivity index (χ2n) is 7.57. The summed E-state index contributed by atoms with van der Waals surface area (Å²) in [5, 5.41) is 4.65. The van der Waals surface area contributed by atoms with Gasteiger partial charge < -0.3 is 9.32 Å². The summed E-state index contributed by atoms with van der Waals surface area (Å²) in [6.07, 6.45) is 6.15.